The molecule has 2 N–H and O–H groups in total. The Hall–Kier alpha value is -3.59. The van der Waals surface area contributed by atoms with Crippen LogP contribution in [-0.2, 0) is 31.0 Å². The van der Waals surface area contributed by atoms with E-state index in [-0.39, 0.29) is 28.9 Å². The standard InChI is InChI=1S/C25H27N3O6/c1-4-27-17-10-6-5-9-16(17)25(24(27)31)19-18(34-21(26)20(25)23(30)32-3)12-14(2)28(22(19)29)13-15-8-7-11-33-15/h5-6,9-10,12,15H,4,7-8,11,13,26H2,1-3H3/t15-,25-/m1/s1. The fourth-order valence-corrected chi connectivity index (χ4v) is 5.47. The van der Waals surface area contributed by atoms with E-state index in [1.807, 2.05) is 13.0 Å². The van der Waals surface area contributed by atoms with Crippen molar-refractivity contribution in [3.8, 4) is 5.75 Å². The van der Waals surface area contributed by atoms with Crippen LogP contribution in [-0.4, -0.2) is 42.8 Å². The second kappa shape index (κ2) is 8.02. The summed E-state index contributed by atoms with van der Waals surface area (Å²) in [6.45, 7) is 4.97. The number of carbonyl (C=O) groups is 2. The Balaban J connectivity index is 1.86. The molecule has 5 rings (SSSR count). The van der Waals surface area contributed by atoms with Gasteiger partial charge in [-0.2, -0.15) is 0 Å². The summed E-state index contributed by atoms with van der Waals surface area (Å²) in [5.41, 5.74) is 5.71. The van der Waals surface area contributed by atoms with Crippen LogP contribution in [0.4, 0.5) is 5.69 Å². The third kappa shape index (κ3) is 2.86. The van der Waals surface area contributed by atoms with Crippen molar-refractivity contribution < 1.29 is 23.8 Å². The Morgan fingerprint density at radius 3 is 2.74 bits per heavy atom. The number of hydrogen-bond acceptors (Lipinski definition) is 7. The SMILES string of the molecule is CCN1C(=O)[C@]2(C(C(=O)OC)=C(N)Oc3cc(C)n(C[C@H]4CCCO4)c(=O)c32)c2ccccc21. The lowest BCUT2D eigenvalue weighted by molar-refractivity contribution is -0.138. The minimum atomic E-state index is -1.78. The van der Waals surface area contributed by atoms with E-state index in [1.54, 1.807) is 40.7 Å². The molecule has 1 amide bonds. The molecule has 3 aliphatic heterocycles. The lowest BCUT2D eigenvalue weighted by atomic mass is 9.68. The summed E-state index contributed by atoms with van der Waals surface area (Å²) >= 11 is 0. The molecule has 2 atom stereocenters. The van der Waals surface area contributed by atoms with Gasteiger partial charge in [-0.1, -0.05) is 18.2 Å². The summed E-state index contributed by atoms with van der Waals surface area (Å²) in [5.74, 6) is -1.35. The predicted octanol–water partition coefficient (Wildman–Crippen LogP) is 1.72. The van der Waals surface area contributed by atoms with Gasteiger partial charge in [0.15, 0.2) is 0 Å². The third-order valence-electron chi connectivity index (χ3n) is 6.97. The molecule has 3 aliphatic rings. The van der Waals surface area contributed by atoms with E-state index >= 15 is 0 Å². The van der Waals surface area contributed by atoms with Crippen molar-refractivity contribution in [2.24, 2.45) is 5.73 Å². The molecule has 1 aromatic heterocycles. The first-order valence-electron chi connectivity index (χ1n) is 11.4. The van der Waals surface area contributed by atoms with Crippen LogP contribution >= 0.6 is 0 Å². The molecular formula is C25H27N3O6. The molecule has 178 valence electrons. The molecule has 0 unspecified atom stereocenters. The predicted molar refractivity (Wildman–Crippen MR) is 124 cm³/mol. The van der Waals surface area contributed by atoms with Gasteiger partial charge in [-0.05, 0) is 32.8 Å². The summed E-state index contributed by atoms with van der Waals surface area (Å²) in [6.07, 6.45) is 1.67. The maximum Gasteiger partial charge on any atom is 0.340 e. The summed E-state index contributed by atoms with van der Waals surface area (Å²) in [4.78, 5) is 43.0. The van der Waals surface area contributed by atoms with E-state index in [0.29, 0.717) is 36.6 Å². The monoisotopic (exact) mass is 465 g/mol. The molecule has 0 radical (unpaired) electrons. The number of pyridine rings is 1. The van der Waals surface area contributed by atoms with Crippen molar-refractivity contribution in [3.05, 3.63) is 69.0 Å². The van der Waals surface area contributed by atoms with Gasteiger partial charge < -0.3 is 29.4 Å². The van der Waals surface area contributed by atoms with Gasteiger partial charge in [0.05, 0.1) is 25.3 Å². The number of aryl methyl sites for hydroxylation is 1. The molecule has 9 heteroatoms. The molecule has 0 bridgehead atoms. The number of fused-ring (bicyclic) bond motifs is 4. The highest BCUT2D eigenvalue weighted by Gasteiger charge is 2.62. The van der Waals surface area contributed by atoms with Crippen molar-refractivity contribution >= 4 is 17.6 Å². The van der Waals surface area contributed by atoms with Crippen molar-refractivity contribution in [1.82, 2.24) is 4.57 Å². The van der Waals surface area contributed by atoms with Gasteiger partial charge >= 0.3 is 5.97 Å². The summed E-state index contributed by atoms with van der Waals surface area (Å²) in [6, 6.07) is 8.82. The number of amides is 1. The quantitative estimate of drug-likeness (QED) is 0.684. The van der Waals surface area contributed by atoms with Crippen LogP contribution in [0.2, 0.25) is 0 Å². The molecule has 2 aromatic rings. The molecule has 0 aliphatic carbocycles. The molecule has 4 heterocycles. The number of esters is 1. The Bertz CT molecular complexity index is 1290. The zero-order chi connectivity index (χ0) is 24.2. The van der Waals surface area contributed by atoms with Gasteiger partial charge in [-0.15, -0.1) is 0 Å². The van der Waals surface area contributed by atoms with Gasteiger partial charge in [0.2, 0.25) is 11.8 Å². The van der Waals surface area contributed by atoms with Crippen molar-refractivity contribution in [2.45, 2.75) is 44.8 Å². The Morgan fingerprint density at radius 2 is 2.06 bits per heavy atom. The number of methoxy groups -OCH3 is 1. The van der Waals surface area contributed by atoms with Gasteiger partial charge in [-0.3, -0.25) is 9.59 Å². The normalized spacial score (nSPS) is 23.2. The zero-order valence-corrected chi connectivity index (χ0v) is 19.4. The maximum absolute atomic E-state index is 14.2. The lowest BCUT2D eigenvalue weighted by Gasteiger charge is -2.36. The first kappa shape index (κ1) is 22.2. The summed E-state index contributed by atoms with van der Waals surface area (Å²) < 4.78 is 18.2. The highest BCUT2D eigenvalue weighted by molar-refractivity contribution is 6.18. The van der Waals surface area contributed by atoms with Crippen LogP contribution in [0.1, 0.15) is 36.6 Å². The molecular weight excluding hydrogens is 438 g/mol. The lowest BCUT2D eigenvalue weighted by Crippen LogP contribution is -2.52. The maximum atomic E-state index is 14.2. The summed E-state index contributed by atoms with van der Waals surface area (Å²) in [5, 5.41) is 0. The number of nitrogens with zero attached hydrogens (tertiary/aromatic N) is 2. The first-order valence-corrected chi connectivity index (χ1v) is 11.4. The topological polar surface area (TPSA) is 113 Å². The van der Waals surface area contributed by atoms with E-state index in [9.17, 15) is 14.4 Å². The van der Waals surface area contributed by atoms with Gasteiger partial charge in [-0.25, -0.2) is 4.79 Å². The van der Waals surface area contributed by atoms with Gasteiger partial charge in [0.25, 0.3) is 5.56 Å². The van der Waals surface area contributed by atoms with E-state index in [1.165, 1.54) is 7.11 Å². The van der Waals surface area contributed by atoms with Crippen LogP contribution in [0.5, 0.6) is 5.75 Å². The molecule has 1 saturated heterocycles. The minimum Gasteiger partial charge on any atom is -0.465 e. The molecule has 34 heavy (non-hydrogen) atoms. The van der Waals surface area contributed by atoms with E-state index < -0.39 is 22.9 Å². The van der Waals surface area contributed by atoms with Crippen LogP contribution < -0.4 is 20.9 Å². The fraction of sp³-hybridized carbons (Fsp3) is 0.400. The van der Waals surface area contributed by atoms with Crippen molar-refractivity contribution in [3.63, 3.8) is 0 Å². The number of hydrogen-bond donors (Lipinski definition) is 1. The second-order valence-electron chi connectivity index (χ2n) is 8.73. The minimum absolute atomic E-state index is 0.0686. The summed E-state index contributed by atoms with van der Waals surface area (Å²) in [7, 11) is 1.21. The molecule has 1 spiro atoms. The molecule has 1 aromatic carbocycles. The van der Waals surface area contributed by atoms with Crippen LogP contribution in [0.15, 0.2) is 46.6 Å². The smallest absolute Gasteiger partial charge is 0.340 e. The number of likely N-dealkylation sites (N-methyl/N-ethyl adjacent to an activating group) is 1. The Labute approximate surface area is 196 Å². The number of ether oxygens (including phenoxy) is 3. The highest BCUT2D eigenvalue weighted by atomic mass is 16.5. The molecule has 9 nitrogen and oxygen atoms in total. The zero-order valence-electron chi connectivity index (χ0n) is 19.4. The number of nitrogens with two attached hydrogens (primary N) is 1. The number of carbonyl (C=O) groups excluding carboxylic acids is 2. The number of anilines is 1. The number of benzene rings is 1. The average molecular weight is 466 g/mol. The third-order valence-corrected chi connectivity index (χ3v) is 6.97. The Morgan fingerprint density at radius 1 is 1.29 bits per heavy atom. The fourth-order valence-electron chi connectivity index (χ4n) is 5.47. The number of aromatic nitrogens is 1. The second-order valence-corrected chi connectivity index (χ2v) is 8.73. The van der Waals surface area contributed by atoms with Crippen molar-refractivity contribution in [1.29, 1.82) is 0 Å². The highest BCUT2D eigenvalue weighted by Crippen LogP contribution is 2.54. The van der Waals surface area contributed by atoms with E-state index in [0.717, 1.165) is 12.8 Å². The Kier molecular flexibility index (Phi) is 5.24. The molecule has 1 fully saturated rings. The molecule has 0 saturated carbocycles. The van der Waals surface area contributed by atoms with Crippen molar-refractivity contribution in [2.75, 3.05) is 25.2 Å². The first-order chi connectivity index (χ1) is 16.4. The van der Waals surface area contributed by atoms with Crippen LogP contribution in [0.3, 0.4) is 0 Å². The largest absolute Gasteiger partial charge is 0.465 e. The van der Waals surface area contributed by atoms with E-state index in [2.05, 4.69) is 0 Å². The average Bonchev–Trinajstić information content (AvgIpc) is 3.41. The van der Waals surface area contributed by atoms with Gasteiger partial charge in [0.1, 0.15) is 16.7 Å². The van der Waals surface area contributed by atoms with Crippen LogP contribution in [0.25, 0.3) is 0 Å². The van der Waals surface area contributed by atoms with Gasteiger partial charge in [0, 0.05) is 36.2 Å². The van der Waals surface area contributed by atoms with Crippen LogP contribution in [0, 0.1) is 6.92 Å². The van der Waals surface area contributed by atoms with E-state index in [4.69, 9.17) is 19.9 Å². The number of rotatable bonds is 4. The number of para-hydroxylation sites is 1.